The van der Waals surface area contributed by atoms with Crippen LogP contribution < -0.4 is 10.6 Å². The number of methoxy groups -OCH3 is 1. The van der Waals surface area contributed by atoms with E-state index in [0.717, 1.165) is 71.3 Å². The normalized spacial score (nSPS) is 12.2. The molecule has 0 amide bonds. The zero-order chi connectivity index (χ0) is 17.3. The maximum Gasteiger partial charge on any atom is 0.191 e. The van der Waals surface area contributed by atoms with E-state index in [4.69, 9.17) is 4.74 Å². The van der Waals surface area contributed by atoms with Gasteiger partial charge in [-0.05, 0) is 39.9 Å². The predicted molar refractivity (Wildman–Crippen MR) is 100 cm³/mol. The fourth-order valence-electron chi connectivity index (χ4n) is 2.35. The maximum absolute atomic E-state index is 5.08. The van der Waals surface area contributed by atoms with Crippen molar-refractivity contribution in [2.45, 2.75) is 33.6 Å². The minimum absolute atomic E-state index is 0.827. The monoisotopic (exact) mass is 329 g/mol. The third-order valence-electron chi connectivity index (χ3n) is 3.69. The van der Waals surface area contributed by atoms with Crippen LogP contribution in [0.5, 0.6) is 0 Å². The van der Waals surface area contributed by atoms with E-state index < -0.39 is 0 Å². The van der Waals surface area contributed by atoms with E-state index in [9.17, 15) is 0 Å². The average Bonchev–Trinajstić information content (AvgIpc) is 2.54. The van der Waals surface area contributed by atoms with Crippen LogP contribution in [0.15, 0.2) is 4.99 Å². The summed E-state index contributed by atoms with van der Waals surface area (Å²) in [4.78, 5) is 9.43. The standard InChI is InChI=1S/C17H39N5O/c1-6-12-22(8-3)15-11-20-17(18-7-2)19-10-14-21(4)13-9-16-23-5/h6-16H2,1-5H3,(H2,18,19,20). The van der Waals surface area contributed by atoms with Gasteiger partial charge in [0.25, 0.3) is 0 Å². The van der Waals surface area contributed by atoms with E-state index in [1.165, 1.54) is 6.42 Å². The van der Waals surface area contributed by atoms with E-state index in [-0.39, 0.29) is 0 Å². The van der Waals surface area contributed by atoms with Crippen LogP contribution in [0.2, 0.25) is 0 Å². The topological polar surface area (TPSA) is 52.1 Å². The molecule has 0 aliphatic rings. The summed E-state index contributed by atoms with van der Waals surface area (Å²) in [6.45, 7) is 15.3. The molecule has 0 aromatic carbocycles. The summed E-state index contributed by atoms with van der Waals surface area (Å²) >= 11 is 0. The molecule has 0 spiro atoms. The van der Waals surface area contributed by atoms with Crippen molar-refractivity contribution in [3.05, 3.63) is 0 Å². The zero-order valence-corrected chi connectivity index (χ0v) is 16.0. The SMILES string of the molecule is CCCN(CC)CCN=C(NCC)NCCN(C)CCCOC. The second-order valence-corrected chi connectivity index (χ2v) is 5.77. The predicted octanol–water partition coefficient (Wildman–Crippen LogP) is 1.24. The molecule has 0 aliphatic carbocycles. The van der Waals surface area contributed by atoms with Crippen LogP contribution in [0.1, 0.15) is 33.6 Å². The van der Waals surface area contributed by atoms with Crippen LogP contribution in [-0.2, 0) is 4.74 Å². The van der Waals surface area contributed by atoms with Gasteiger partial charge in [0, 0.05) is 46.4 Å². The number of guanidine groups is 1. The fourth-order valence-corrected chi connectivity index (χ4v) is 2.35. The van der Waals surface area contributed by atoms with Crippen molar-refractivity contribution in [1.29, 1.82) is 0 Å². The Kier molecular flexibility index (Phi) is 15.4. The molecular formula is C17H39N5O. The van der Waals surface area contributed by atoms with E-state index in [0.29, 0.717) is 0 Å². The number of likely N-dealkylation sites (N-methyl/N-ethyl adjacent to an activating group) is 2. The Labute approximate surface area is 143 Å². The summed E-state index contributed by atoms with van der Waals surface area (Å²) in [5.74, 6) is 0.922. The highest BCUT2D eigenvalue weighted by molar-refractivity contribution is 5.79. The third kappa shape index (κ3) is 13.3. The van der Waals surface area contributed by atoms with Gasteiger partial charge in [-0.2, -0.15) is 0 Å². The molecule has 0 fully saturated rings. The molecule has 0 saturated heterocycles. The Balaban J connectivity index is 4.02. The molecule has 0 atom stereocenters. The zero-order valence-electron chi connectivity index (χ0n) is 16.0. The van der Waals surface area contributed by atoms with Gasteiger partial charge in [-0.1, -0.05) is 13.8 Å². The van der Waals surface area contributed by atoms with Crippen molar-refractivity contribution in [2.75, 3.05) is 73.1 Å². The number of hydrogen-bond donors (Lipinski definition) is 2. The first-order valence-electron chi connectivity index (χ1n) is 9.09. The molecule has 23 heavy (non-hydrogen) atoms. The molecule has 0 bridgehead atoms. The summed E-state index contributed by atoms with van der Waals surface area (Å²) in [5.41, 5.74) is 0. The van der Waals surface area contributed by atoms with Gasteiger partial charge in [0.1, 0.15) is 0 Å². The Morgan fingerprint density at radius 1 is 1.04 bits per heavy atom. The number of hydrogen-bond acceptors (Lipinski definition) is 4. The molecular weight excluding hydrogens is 290 g/mol. The Bertz CT molecular complexity index is 286. The molecule has 6 nitrogen and oxygen atoms in total. The summed E-state index contributed by atoms with van der Waals surface area (Å²) < 4.78 is 5.08. The molecule has 0 aromatic heterocycles. The van der Waals surface area contributed by atoms with Gasteiger partial charge in [-0.15, -0.1) is 0 Å². The molecule has 0 radical (unpaired) electrons. The second kappa shape index (κ2) is 16.0. The highest BCUT2D eigenvalue weighted by atomic mass is 16.5. The van der Waals surface area contributed by atoms with Gasteiger partial charge in [0.2, 0.25) is 0 Å². The molecule has 0 rings (SSSR count). The van der Waals surface area contributed by atoms with Crippen molar-refractivity contribution in [3.63, 3.8) is 0 Å². The van der Waals surface area contributed by atoms with Crippen LogP contribution in [0, 0.1) is 0 Å². The Hall–Kier alpha value is -0.850. The van der Waals surface area contributed by atoms with Gasteiger partial charge in [-0.3, -0.25) is 4.99 Å². The van der Waals surface area contributed by atoms with E-state index in [2.05, 4.69) is 53.2 Å². The number of aliphatic imine (C=N–C) groups is 1. The van der Waals surface area contributed by atoms with Crippen molar-refractivity contribution in [1.82, 2.24) is 20.4 Å². The number of nitrogens with zero attached hydrogens (tertiary/aromatic N) is 3. The van der Waals surface area contributed by atoms with Gasteiger partial charge >= 0.3 is 0 Å². The lowest BCUT2D eigenvalue weighted by Gasteiger charge is -2.19. The van der Waals surface area contributed by atoms with Crippen molar-refractivity contribution in [3.8, 4) is 0 Å². The minimum Gasteiger partial charge on any atom is -0.385 e. The molecule has 0 heterocycles. The smallest absolute Gasteiger partial charge is 0.191 e. The van der Waals surface area contributed by atoms with Gasteiger partial charge in [0.05, 0.1) is 6.54 Å². The minimum atomic E-state index is 0.827. The Morgan fingerprint density at radius 2 is 1.83 bits per heavy atom. The fraction of sp³-hybridized carbons (Fsp3) is 0.941. The van der Waals surface area contributed by atoms with Gasteiger partial charge in [0.15, 0.2) is 5.96 Å². The van der Waals surface area contributed by atoms with E-state index in [1.807, 2.05) is 0 Å². The first-order valence-corrected chi connectivity index (χ1v) is 9.09. The van der Waals surface area contributed by atoms with Gasteiger partial charge in [-0.25, -0.2) is 0 Å². The van der Waals surface area contributed by atoms with Gasteiger partial charge < -0.3 is 25.2 Å². The van der Waals surface area contributed by atoms with E-state index >= 15 is 0 Å². The molecule has 2 N–H and O–H groups in total. The van der Waals surface area contributed by atoms with Crippen LogP contribution in [0.25, 0.3) is 0 Å². The molecule has 0 aliphatic heterocycles. The van der Waals surface area contributed by atoms with E-state index in [1.54, 1.807) is 7.11 Å². The summed E-state index contributed by atoms with van der Waals surface area (Å²) in [5, 5.41) is 6.73. The molecule has 0 unspecified atom stereocenters. The summed E-state index contributed by atoms with van der Waals surface area (Å²) in [6, 6.07) is 0. The van der Waals surface area contributed by atoms with Crippen molar-refractivity contribution < 1.29 is 4.74 Å². The lowest BCUT2D eigenvalue weighted by atomic mass is 10.4. The maximum atomic E-state index is 5.08. The van der Waals surface area contributed by atoms with Crippen molar-refractivity contribution >= 4 is 5.96 Å². The largest absolute Gasteiger partial charge is 0.385 e. The quantitative estimate of drug-likeness (QED) is 0.285. The lowest BCUT2D eigenvalue weighted by molar-refractivity contribution is 0.180. The summed E-state index contributed by atoms with van der Waals surface area (Å²) in [7, 11) is 3.90. The van der Waals surface area contributed by atoms with Crippen LogP contribution >= 0.6 is 0 Å². The first-order chi connectivity index (χ1) is 11.2. The third-order valence-corrected chi connectivity index (χ3v) is 3.69. The number of ether oxygens (including phenoxy) is 1. The van der Waals surface area contributed by atoms with Crippen LogP contribution in [0.4, 0.5) is 0 Å². The van der Waals surface area contributed by atoms with Crippen molar-refractivity contribution in [2.24, 2.45) is 4.99 Å². The first kappa shape index (κ1) is 22.1. The average molecular weight is 330 g/mol. The van der Waals surface area contributed by atoms with Crippen LogP contribution in [-0.4, -0.2) is 88.9 Å². The molecule has 0 saturated carbocycles. The number of nitrogens with one attached hydrogen (secondary N) is 2. The highest BCUT2D eigenvalue weighted by Crippen LogP contribution is 1.91. The molecule has 0 aromatic rings. The second-order valence-electron chi connectivity index (χ2n) is 5.77. The molecule has 138 valence electrons. The summed E-state index contributed by atoms with van der Waals surface area (Å²) in [6.07, 6.45) is 2.27. The van der Waals surface area contributed by atoms with Crippen LogP contribution in [0.3, 0.4) is 0 Å². The number of rotatable bonds is 14. The Morgan fingerprint density at radius 3 is 2.43 bits per heavy atom. The molecule has 6 heteroatoms. The highest BCUT2D eigenvalue weighted by Gasteiger charge is 2.02. The lowest BCUT2D eigenvalue weighted by Crippen LogP contribution is -2.41.